The number of nitrogen functional groups attached to an aromatic ring is 1. The highest BCUT2D eigenvalue weighted by atomic mass is 16.1. The third-order valence-electron chi connectivity index (χ3n) is 2.09. The lowest BCUT2D eigenvalue weighted by atomic mass is 10.3. The Labute approximate surface area is 81.4 Å². The van der Waals surface area contributed by atoms with E-state index in [1.165, 1.54) is 0 Å². The molecule has 0 saturated carbocycles. The van der Waals surface area contributed by atoms with Gasteiger partial charge in [-0.25, -0.2) is 4.98 Å². The van der Waals surface area contributed by atoms with Crippen molar-refractivity contribution in [3.05, 3.63) is 30.4 Å². The molecule has 0 radical (unpaired) electrons. The molecule has 0 saturated heterocycles. The molecule has 2 aromatic rings. The van der Waals surface area contributed by atoms with E-state index in [4.69, 9.17) is 5.73 Å². The summed E-state index contributed by atoms with van der Waals surface area (Å²) in [6.07, 6.45) is 3.89. The number of hydrogen-bond acceptors (Lipinski definition) is 3. The average Bonchev–Trinajstić information content (AvgIpc) is 2.49. The van der Waals surface area contributed by atoms with Crippen LogP contribution < -0.4 is 5.73 Å². The summed E-state index contributed by atoms with van der Waals surface area (Å²) in [6, 6.07) is 3.65. The number of nitrogens with two attached hydrogens (primary N) is 1. The van der Waals surface area contributed by atoms with Gasteiger partial charge in [-0.1, -0.05) is 0 Å². The van der Waals surface area contributed by atoms with Gasteiger partial charge in [-0.05, 0) is 19.1 Å². The molecule has 0 aromatic carbocycles. The first-order valence-electron chi connectivity index (χ1n) is 4.38. The maximum Gasteiger partial charge on any atom is 0.137 e. The van der Waals surface area contributed by atoms with Gasteiger partial charge in [0.05, 0.1) is 23.8 Å². The second-order valence-electron chi connectivity index (χ2n) is 3.27. The molecule has 2 N–H and O–H groups in total. The van der Waals surface area contributed by atoms with Crippen molar-refractivity contribution in [1.29, 1.82) is 0 Å². The molecule has 0 bridgehead atoms. The zero-order chi connectivity index (χ0) is 10.1. The number of carbonyl (C=O) groups excluding carboxylic acids is 1. The lowest BCUT2D eigenvalue weighted by Gasteiger charge is -2.00. The number of rotatable bonds is 2. The Morgan fingerprint density at radius 2 is 2.43 bits per heavy atom. The predicted octanol–water partition coefficient (Wildman–Crippen LogP) is 1.05. The van der Waals surface area contributed by atoms with Crippen LogP contribution in [0.4, 0.5) is 5.69 Å². The smallest absolute Gasteiger partial charge is 0.137 e. The summed E-state index contributed by atoms with van der Waals surface area (Å²) in [5, 5.41) is 0. The minimum atomic E-state index is 0.0972. The Hall–Kier alpha value is -1.84. The molecule has 4 nitrogen and oxygen atoms in total. The molecule has 72 valence electrons. The second-order valence-corrected chi connectivity index (χ2v) is 3.27. The van der Waals surface area contributed by atoms with Gasteiger partial charge >= 0.3 is 0 Å². The SMILES string of the molecule is CC(=O)Cc1ncc2c(N)cccn12. The number of pyridine rings is 1. The summed E-state index contributed by atoms with van der Waals surface area (Å²) in [6.45, 7) is 1.55. The molecule has 0 fully saturated rings. The number of nitrogens with zero attached hydrogens (tertiary/aromatic N) is 2. The number of imidazole rings is 1. The number of ketones is 1. The van der Waals surface area contributed by atoms with Gasteiger partial charge in [0.25, 0.3) is 0 Å². The second kappa shape index (κ2) is 3.14. The maximum atomic E-state index is 11.0. The largest absolute Gasteiger partial charge is 0.397 e. The van der Waals surface area contributed by atoms with Gasteiger partial charge in [-0.15, -0.1) is 0 Å². The standard InChI is InChI=1S/C10H11N3O/c1-7(14)5-10-12-6-9-8(11)3-2-4-13(9)10/h2-4,6H,5,11H2,1H3. The summed E-state index contributed by atoms with van der Waals surface area (Å²) in [4.78, 5) is 15.1. The summed E-state index contributed by atoms with van der Waals surface area (Å²) in [7, 11) is 0. The van der Waals surface area contributed by atoms with Crippen molar-refractivity contribution in [3.8, 4) is 0 Å². The molecule has 0 aliphatic carbocycles. The summed E-state index contributed by atoms with van der Waals surface area (Å²) in [5.74, 6) is 0.833. The Morgan fingerprint density at radius 1 is 1.64 bits per heavy atom. The highest BCUT2D eigenvalue weighted by Crippen LogP contribution is 2.14. The molecular formula is C10H11N3O. The van der Waals surface area contributed by atoms with E-state index in [2.05, 4.69) is 4.98 Å². The topological polar surface area (TPSA) is 60.4 Å². The molecule has 4 heteroatoms. The first-order chi connectivity index (χ1) is 6.68. The van der Waals surface area contributed by atoms with Crippen LogP contribution in [0.5, 0.6) is 0 Å². The number of aromatic nitrogens is 2. The van der Waals surface area contributed by atoms with Crippen molar-refractivity contribution in [2.45, 2.75) is 13.3 Å². The summed E-state index contributed by atoms with van der Waals surface area (Å²) in [5.41, 5.74) is 7.28. The van der Waals surface area contributed by atoms with Crippen LogP contribution in [0.15, 0.2) is 24.5 Å². The van der Waals surface area contributed by atoms with E-state index >= 15 is 0 Å². The third-order valence-corrected chi connectivity index (χ3v) is 2.09. The number of hydrogen-bond donors (Lipinski definition) is 1. The zero-order valence-electron chi connectivity index (χ0n) is 7.90. The lowest BCUT2D eigenvalue weighted by molar-refractivity contribution is -0.116. The van der Waals surface area contributed by atoms with Gasteiger partial charge in [0, 0.05) is 6.20 Å². The number of Topliss-reactive ketones (excluding diaryl/α,β-unsaturated/α-hetero) is 1. The van der Waals surface area contributed by atoms with Crippen molar-refractivity contribution >= 4 is 17.0 Å². The zero-order valence-corrected chi connectivity index (χ0v) is 7.90. The molecule has 0 aliphatic heterocycles. The monoisotopic (exact) mass is 189 g/mol. The number of carbonyl (C=O) groups is 1. The molecule has 2 heterocycles. The number of anilines is 1. The van der Waals surface area contributed by atoms with E-state index in [-0.39, 0.29) is 5.78 Å². The molecule has 2 aromatic heterocycles. The normalized spacial score (nSPS) is 10.6. The molecule has 2 rings (SSSR count). The van der Waals surface area contributed by atoms with Crippen molar-refractivity contribution in [2.24, 2.45) is 0 Å². The first kappa shape index (κ1) is 8.74. The van der Waals surface area contributed by atoms with Crippen LogP contribution in [0, 0.1) is 0 Å². The van der Waals surface area contributed by atoms with E-state index in [0.717, 1.165) is 11.3 Å². The molecular weight excluding hydrogens is 178 g/mol. The van der Waals surface area contributed by atoms with E-state index in [1.807, 2.05) is 22.7 Å². The summed E-state index contributed by atoms with van der Waals surface area (Å²) >= 11 is 0. The highest BCUT2D eigenvalue weighted by Gasteiger charge is 2.06. The fourth-order valence-corrected chi connectivity index (χ4v) is 1.45. The minimum Gasteiger partial charge on any atom is -0.397 e. The minimum absolute atomic E-state index is 0.0972. The van der Waals surface area contributed by atoms with Crippen LogP contribution in [0.3, 0.4) is 0 Å². The maximum absolute atomic E-state index is 11.0. The Kier molecular flexibility index (Phi) is 1.96. The van der Waals surface area contributed by atoms with Crippen LogP contribution in [-0.4, -0.2) is 15.2 Å². The van der Waals surface area contributed by atoms with Crippen molar-refractivity contribution in [1.82, 2.24) is 9.38 Å². The van der Waals surface area contributed by atoms with Crippen LogP contribution >= 0.6 is 0 Å². The van der Waals surface area contributed by atoms with Crippen molar-refractivity contribution < 1.29 is 4.79 Å². The van der Waals surface area contributed by atoms with E-state index in [0.29, 0.717) is 12.1 Å². The van der Waals surface area contributed by atoms with E-state index < -0.39 is 0 Å². The summed E-state index contributed by atoms with van der Waals surface area (Å²) < 4.78 is 1.84. The molecule has 14 heavy (non-hydrogen) atoms. The first-order valence-corrected chi connectivity index (χ1v) is 4.38. The van der Waals surface area contributed by atoms with Crippen molar-refractivity contribution in [2.75, 3.05) is 5.73 Å². The van der Waals surface area contributed by atoms with Crippen LogP contribution in [-0.2, 0) is 11.2 Å². The van der Waals surface area contributed by atoms with E-state index in [1.54, 1.807) is 13.1 Å². The Balaban J connectivity index is 2.58. The van der Waals surface area contributed by atoms with Gasteiger partial charge < -0.3 is 10.1 Å². The fraction of sp³-hybridized carbons (Fsp3) is 0.200. The van der Waals surface area contributed by atoms with Gasteiger partial charge in [-0.2, -0.15) is 0 Å². The van der Waals surface area contributed by atoms with Gasteiger partial charge in [0.2, 0.25) is 0 Å². The number of fused-ring (bicyclic) bond motifs is 1. The van der Waals surface area contributed by atoms with E-state index in [9.17, 15) is 4.79 Å². The quantitative estimate of drug-likeness (QED) is 0.768. The highest BCUT2D eigenvalue weighted by molar-refractivity contribution is 5.78. The Morgan fingerprint density at radius 3 is 3.14 bits per heavy atom. The van der Waals surface area contributed by atoms with Gasteiger partial charge in [0.1, 0.15) is 11.6 Å². The van der Waals surface area contributed by atoms with Gasteiger partial charge in [-0.3, -0.25) is 4.79 Å². The molecule has 0 spiro atoms. The predicted molar refractivity (Wildman–Crippen MR) is 54.0 cm³/mol. The fourth-order valence-electron chi connectivity index (χ4n) is 1.45. The average molecular weight is 189 g/mol. The third kappa shape index (κ3) is 1.35. The van der Waals surface area contributed by atoms with Crippen molar-refractivity contribution in [3.63, 3.8) is 0 Å². The Bertz CT molecular complexity index is 487. The van der Waals surface area contributed by atoms with Crippen LogP contribution in [0.2, 0.25) is 0 Å². The van der Waals surface area contributed by atoms with Crippen LogP contribution in [0.1, 0.15) is 12.7 Å². The molecule has 0 amide bonds. The molecule has 0 aliphatic rings. The van der Waals surface area contributed by atoms with Crippen LogP contribution in [0.25, 0.3) is 5.52 Å². The molecule has 0 atom stereocenters. The van der Waals surface area contributed by atoms with Gasteiger partial charge in [0.15, 0.2) is 0 Å². The lowest BCUT2D eigenvalue weighted by Crippen LogP contribution is -2.02. The molecule has 0 unspecified atom stereocenters.